The van der Waals surface area contributed by atoms with Crippen molar-refractivity contribution in [2.75, 3.05) is 13.1 Å². The van der Waals surface area contributed by atoms with E-state index in [4.69, 9.17) is 4.52 Å². The Hall–Kier alpha value is -2.51. The normalized spacial score (nSPS) is 18.4. The molecule has 4 rings (SSSR count). The molecule has 0 aliphatic carbocycles. The summed E-state index contributed by atoms with van der Waals surface area (Å²) in [6, 6.07) is 13.5. The van der Waals surface area contributed by atoms with E-state index in [0.717, 1.165) is 10.8 Å². The number of fused-ring (bicyclic) bond motifs is 1. The molecule has 0 saturated carbocycles. The number of benzene rings is 2. The highest BCUT2D eigenvalue weighted by Crippen LogP contribution is 2.29. The number of nitrogens with zero attached hydrogens (tertiary/aromatic N) is 2. The van der Waals surface area contributed by atoms with Crippen molar-refractivity contribution in [1.82, 2.24) is 9.46 Å². The van der Waals surface area contributed by atoms with Gasteiger partial charge in [0, 0.05) is 24.6 Å². The Morgan fingerprint density at radius 3 is 2.61 bits per heavy atom. The summed E-state index contributed by atoms with van der Waals surface area (Å²) >= 11 is 0. The molecule has 0 bridgehead atoms. The first-order chi connectivity index (χ1) is 13.4. The number of Topliss-reactive ketones (excluding diaryl/α,β-unsaturated/α-hetero) is 1. The van der Waals surface area contributed by atoms with E-state index in [1.165, 1.54) is 4.31 Å². The van der Waals surface area contributed by atoms with Crippen molar-refractivity contribution < 1.29 is 17.7 Å². The number of hydrogen-bond donors (Lipinski definition) is 0. The van der Waals surface area contributed by atoms with Crippen LogP contribution in [0.5, 0.6) is 0 Å². The molecule has 28 heavy (non-hydrogen) atoms. The zero-order valence-corrected chi connectivity index (χ0v) is 16.7. The van der Waals surface area contributed by atoms with Crippen LogP contribution in [0.2, 0.25) is 0 Å². The first kappa shape index (κ1) is 18.8. The lowest BCUT2D eigenvalue weighted by atomic mass is 9.90. The van der Waals surface area contributed by atoms with Gasteiger partial charge in [0.05, 0.1) is 0 Å². The molecule has 146 valence electrons. The summed E-state index contributed by atoms with van der Waals surface area (Å²) in [7, 11) is -3.74. The van der Waals surface area contributed by atoms with Crippen LogP contribution >= 0.6 is 0 Å². The first-order valence-corrected chi connectivity index (χ1v) is 10.8. The number of carbonyl (C=O) groups excluding carboxylic acids is 1. The van der Waals surface area contributed by atoms with Gasteiger partial charge in [-0.15, -0.1) is 0 Å². The summed E-state index contributed by atoms with van der Waals surface area (Å²) in [6.07, 6.45) is 1.33. The van der Waals surface area contributed by atoms with Crippen LogP contribution in [0.3, 0.4) is 0 Å². The van der Waals surface area contributed by atoms with Crippen molar-refractivity contribution in [2.24, 2.45) is 5.92 Å². The van der Waals surface area contributed by atoms with E-state index in [0.29, 0.717) is 30.6 Å². The van der Waals surface area contributed by atoms with Gasteiger partial charge < -0.3 is 4.52 Å². The molecule has 1 aliphatic rings. The third-order valence-electron chi connectivity index (χ3n) is 5.35. The van der Waals surface area contributed by atoms with Crippen LogP contribution < -0.4 is 0 Å². The van der Waals surface area contributed by atoms with E-state index >= 15 is 0 Å². The van der Waals surface area contributed by atoms with Gasteiger partial charge in [-0.05, 0) is 43.5 Å². The van der Waals surface area contributed by atoms with Crippen LogP contribution in [0.15, 0.2) is 51.9 Å². The highest BCUT2D eigenvalue weighted by atomic mass is 32.2. The lowest BCUT2D eigenvalue weighted by molar-refractivity contribution is 0.0872. The maximum atomic E-state index is 13.1. The third-order valence-corrected chi connectivity index (χ3v) is 7.46. The van der Waals surface area contributed by atoms with E-state index < -0.39 is 10.0 Å². The Morgan fingerprint density at radius 2 is 1.89 bits per heavy atom. The Balaban J connectivity index is 1.60. The summed E-state index contributed by atoms with van der Waals surface area (Å²) in [5.74, 6) is -0.0879. The number of ketones is 1. The molecule has 1 unspecified atom stereocenters. The van der Waals surface area contributed by atoms with Crippen molar-refractivity contribution in [3.8, 4) is 0 Å². The van der Waals surface area contributed by atoms with Gasteiger partial charge in [0.25, 0.3) is 0 Å². The molecule has 1 atom stereocenters. The maximum absolute atomic E-state index is 13.1. The number of hydrogen-bond acceptors (Lipinski definition) is 5. The molecule has 3 aromatic rings. The number of sulfonamides is 1. The zero-order chi connectivity index (χ0) is 19.9. The average molecular weight is 398 g/mol. The van der Waals surface area contributed by atoms with Crippen LogP contribution in [0, 0.1) is 19.8 Å². The molecular weight excluding hydrogens is 376 g/mol. The van der Waals surface area contributed by atoms with E-state index in [-0.39, 0.29) is 28.9 Å². The standard InChI is InChI=1S/C21H22N2O4S/c1-14-21(15(2)27-22-14)28(25,26)23-11-5-8-19(13-23)20(24)18-10-9-16-6-3-4-7-17(16)12-18/h3-4,6-7,9-10,12,19H,5,8,11,13H2,1-2H3. The van der Waals surface area contributed by atoms with Gasteiger partial charge in [-0.3, -0.25) is 4.79 Å². The van der Waals surface area contributed by atoms with Crippen LogP contribution in [0.1, 0.15) is 34.7 Å². The summed E-state index contributed by atoms with van der Waals surface area (Å²) < 4.78 is 32.6. The van der Waals surface area contributed by atoms with E-state index in [1.54, 1.807) is 13.8 Å². The second-order valence-electron chi connectivity index (χ2n) is 7.28. The van der Waals surface area contributed by atoms with Gasteiger partial charge in [-0.1, -0.05) is 41.6 Å². The summed E-state index contributed by atoms with van der Waals surface area (Å²) in [5, 5.41) is 5.84. The van der Waals surface area contributed by atoms with Crippen molar-refractivity contribution in [2.45, 2.75) is 31.6 Å². The number of piperidine rings is 1. The second-order valence-corrected chi connectivity index (χ2v) is 9.16. The van der Waals surface area contributed by atoms with E-state index in [9.17, 15) is 13.2 Å². The number of aromatic nitrogens is 1. The van der Waals surface area contributed by atoms with Gasteiger partial charge in [0.15, 0.2) is 11.5 Å². The van der Waals surface area contributed by atoms with Gasteiger partial charge in [0.2, 0.25) is 10.0 Å². The topological polar surface area (TPSA) is 80.5 Å². The Labute approximate surface area is 164 Å². The summed E-state index contributed by atoms with van der Waals surface area (Å²) in [4.78, 5) is 13.2. The van der Waals surface area contributed by atoms with Gasteiger partial charge in [-0.25, -0.2) is 8.42 Å². The quantitative estimate of drug-likeness (QED) is 0.626. The number of rotatable bonds is 4. The molecule has 0 spiro atoms. The fourth-order valence-electron chi connectivity index (χ4n) is 3.93. The molecule has 2 aromatic carbocycles. The molecule has 2 heterocycles. The van der Waals surface area contributed by atoms with Gasteiger partial charge in [-0.2, -0.15) is 4.31 Å². The first-order valence-electron chi connectivity index (χ1n) is 9.34. The van der Waals surface area contributed by atoms with Crippen molar-refractivity contribution in [1.29, 1.82) is 0 Å². The second kappa shape index (κ2) is 7.14. The predicted octanol–water partition coefficient (Wildman–Crippen LogP) is 3.73. The molecule has 0 N–H and O–H groups in total. The number of carbonyl (C=O) groups is 1. The highest BCUT2D eigenvalue weighted by Gasteiger charge is 2.36. The van der Waals surface area contributed by atoms with Crippen LogP contribution in [-0.2, 0) is 10.0 Å². The zero-order valence-electron chi connectivity index (χ0n) is 15.9. The molecule has 1 fully saturated rings. The molecular formula is C21H22N2O4S. The fraction of sp³-hybridized carbons (Fsp3) is 0.333. The minimum Gasteiger partial charge on any atom is -0.360 e. The van der Waals surface area contributed by atoms with Crippen LogP contribution in [0.25, 0.3) is 10.8 Å². The largest absolute Gasteiger partial charge is 0.360 e. The predicted molar refractivity (Wildman–Crippen MR) is 106 cm³/mol. The Kier molecular flexibility index (Phi) is 4.81. The lowest BCUT2D eigenvalue weighted by Crippen LogP contribution is -2.42. The van der Waals surface area contributed by atoms with Crippen molar-refractivity contribution >= 4 is 26.6 Å². The molecule has 6 nitrogen and oxygen atoms in total. The maximum Gasteiger partial charge on any atom is 0.248 e. The fourth-order valence-corrected chi connectivity index (χ4v) is 5.74. The monoisotopic (exact) mass is 398 g/mol. The molecule has 0 amide bonds. The molecule has 7 heteroatoms. The lowest BCUT2D eigenvalue weighted by Gasteiger charge is -2.31. The molecule has 1 aliphatic heterocycles. The van der Waals surface area contributed by atoms with Crippen molar-refractivity contribution in [3.05, 3.63) is 59.5 Å². The van der Waals surface area contributed by atoms with E-state index in [1.807, 2.05) is 42.5 Å². The van der Waals surface area contributed by atoms with Crippen molar-refractivity contribution in [3.63, 3.8) is 0 Å². The average Bonchev–Trinajstić information content (AvgIpc) is 3.06. The van der Waals surface area contributed by atoms with Crippen LogP contribution in [0.4, 0.5) is 0 Å². The highest BCUT2D eigenvalue weighted by molar-refractivity contribution is 7.89. The van der Waals surface area contributed by atoms with Gasteiger partial charge in [0.1, 0.15) is 10.6 Å². The minimum absolute atomic E-state index is 0.00980. The SMILES string of the molecule is Cc1noc(C)c1S(=O)(=O)N1CCCC(C(=O)c2ccc3ccccc3c2)C1. The van der Waals surface area contributed by atoms with Crippen LogP contribution in [-0.4, -0.2) is 36.8 Å². The van der Waals surface area contributed by atoms with E-state index in [2.05, 4.69) is 5.16 Å². The third kappa shape index (κ3) is 3.25. The summed E-state index contributed by atoms with van der Waals surface area (Å²) in [5.41, 5.74) is 0.973. The molecule has 0 radical (unpaired) electrons. The Morgan fingerprint density at radius 1 is 1.14 bits per heavy atom. The molecule has 1 saturated heterocycles. The Bertz CT molecular complexity index is 1130. The van der Waals surface area contributed by atoms with Gasteiger partial charge >= 0.3 is 0 Å². The summed E-state index contributed by atoms with van der Waals surface area (Å²) in [6.45, 7) is 3.78. The minimum atomic E-state index is -3.74. The smallest absolute Gasteiger partial charge is 0.248 e. The molecule has 1 aromatic heterocycles. The number of aryl methyl sites for hydroxylation is 2.